The number of hydrogen-bond acceptors (Lipinski definition) is 4. The Morgan fingerprint density at radius 3 is 2.63 bits per heavy atom. The van der Waals surface area contributed by atoms with Crippen molar-refractivity contribution in [2.45, 2.75) is 49.9 Å². The number of halogens is 3. The van der Waals surface area contributed by atoms with Crippen LogP contribution >= 0.6 is 11.8 Å². The molecular weight excluding hydrogens is 379 g/mol. The minimum atomic E-state index is -4.44. The van der Waals surface area contributed by atoms with Gasteiger partial charge in [0.1, 0.15) is 0 Å². The fraction of sp³-hybridized carbons (Fsp3) is 0.611. The van der Waals surface area contributed by atoms with Crippen molar-refractivity contribution < 1.29 is 22.8 Å². The van der Waals surface area contributed by atoms with E-state index in [0.717, 1.165) is 36.4 Å². The smallest absolute Gasteiger partial charge is 0.335 e. The second-order valence-corrected chi connectivity index (χ2v) is 8.32. The monoisotopic (exact) mass is 401 g/mol. The Morgan fingerprint density at radius 1 is 1.30 bits per heavy atom. The minimum Gasteiger partial charge on any atom is -0.335 e. The Bertz CT molecular complexity index is 696. The van der Waals surface area contributed by atoms with Crippen LogP contribution in [0.4, 0.5) is 18.0 Å². The van der Waals surface area contributed by atoms with Crippen LogP contribution in [0.2, 0.25) is 0 Å². The van der Waals surface area contributed by atoms with Gasteiger partial charge in [0.2, 0.25) is 5.91 Å². The number of pyridine rings is 1. The van der Waals surface area contributed by atoms with E-state index in [-0.39, 0.29) is 16.8 Å². The Morgan fingerprint density at radius 2 is 2.07 bits per heavy atom. The molecule has 4 atom stereocenters. The fourth-order valence-electron chi connectivity index (χ4n) is 4.19. The number of imide groups is 1. The summed E-state index contributed by atoms with van der Waals surface area (Å²) >= 11 is 0.973. The number of carbonyl (C=O) groups excluding carboxylic acids is 2. The normalized spacial score (nSPS) is 25.3. The second-order valence-electron chi connectivity index (χ2n) is 7.32. The van der Waals surface area contributed by atoms with Gasteiger partial charge in [0.15, 0.2) is 0 Å². The van der Waals surface area contributed by atoms with Crippen molar-refractivity contribution in [2.24, 2.45) is 17.8 Å². The van der Waals surface area contributed by atoms with Crippen LogP contribution in [-0.4, -0.2) is 28.7 Å². The zero-order chi connectivity index (χ0) is 19.6. The van der Waals surface area contributed by atoms with Gasteiger partial charge in [-0.2, -0.15) is 13.2 Å². The number of urea groups is 1. The number of hydrogen-bond donors (Lipinski definition) is 2. The molecule has 1 aromatic heterocycles. The van der Waals surface area contributed by atoms with Crippen molar-refractivity contribution in [3.8, 4) is 0 Å². The molecule has 2 fully saturated rings. The van der Waals surface area contributed by atoms with Gasteiger partial charge >= 0.3 is 12.2 Å². The van der Waals surface area contributed by atoms with Gasteiger partial charge in [0.05, 0.1) is 16.3 Å². The first-order valence-electron chi connectivity index (χ1n) is 8.98. The first kappa shape index (κ1) is 20.0. The highest BCUT2D eigenvalue weighted by molar-refractivity contribution is 7.99. The summed E-state index contributed by atoms with van der Waals surface area (Å²) in [5.74, 6) is 1.30. The molecule has 0 saturated heterocycles. The van der Waals surface area contributed by atoms with Gasteiger partial charge in [-0.25, -0.2) is 9.78 Å². The topological polar surface area (TPSA) is 71.1 Å². The third kappa shape index (κ3) is 5.15. The summed E-state index contributed by atoms with van der Waals surface area (Å²) in [5.41, 5.74) is -0.842. The van der Waals surface area contributed by atoms with Gasteiger partial charge in [-0.05, 0) is 56.1 Å². The average Bonchev–Trinajstić information content (AvgIpc) is 3.22. The molecule has 0 radical (unpaired) electrons. The number of amides is 3. The molecule has 2 bridgehead atoms. The molecule has 27 heavy (non-hydrogen) atoms. The lowest BCUT2D eigenvalue weighted by Gasteiger charge is -2.28. The van der Waals surface area contributed by atoms with Crippen LogP contribution in [-0.2, 0) is 11.0 Å². The van der Waals surface area contributed by atoms with E-state index in [1.54, 1.807) is 0 Å². The number of carbonyl (C=O) groups is 2. The largest absolute Gasteiger partial charge is 0.417 e. The number of fused-ring (bicyclic) bond motifs is 2. The van der Waals surface area contributed by atoms with E-state index in [4.69, 9.17) is 0 Å². The number of aromatic nitrogens is 1. The summed E-state index contributed by atoms with van der Waals surface area (Å²) in [6, 6.07) is 1.60. The van der Waals surface area contributed by atoms with Crippen molar-refractivity contribution in [1.29, 1.82) is 0 Å². The molecule has 3 amide bonds. The molecule has 3 rings (SSSR count). The van der Waals surface area contributed by atoms with Crippen molar-refractivity contribution in [2.75, 3.05) is 5.75 Å². The summed E-state index contributed by atoms with van der Waals surface area (Å²) in [7, 11) is 0. The van der Waals surface area contributed by atoms with E-state index in [9.17, 15) is 22.8 Å². The van der Waals surface area contributed by atoms with Crippen molar-refractivity contribution in [3.05, 3.63) is 23.9 Å². The summed E-state index contributed by atoms with van der Waals surface area (Å²) in [6.45, 7) is 1.97. The number of nitrogens with zero attached hydrogens (tertiary/aromatic N) is 1. The first-order chi connectivity index (χ1) is 12.7. The molecule has 1 heterocycles. The second kappa shape index (κ2) is 8.08. The number of alkyl halides is 3. The molecule has 9 heteroatoms. The first-order valence-corrected chi connectivity index (χ1v) is 9.97. The predicted molar refractivity (Wildman–Crippen MR) is 95.0 cm³/mol. The molecule has 0 aromatic carbocycles. The summed E-state index contributed by atoms with van der Waals surface area (Å²) in [5, 5.41) is 5.39. The third-order valence-electron chi connectivity index (χ3n) is 5.46. The van der Waals surface area contributed by atoms with Crippen LogP contribution in [0, 0.1) is 17.8 Å². The van der Waals surface area contributed by atoms with E-state index in [2.05, 4.69) is 15.6 Å². The van der Waals surface area contributed by atoms with Gasteiger partial charge in [-0.15, -0.1) is 0 Å². The number of rotatable bonds is 5. The SMILES string of the molecule is C[C@H](NC(=O)NC(=O)CSc1ccc(C(F)(F)F)cn1)[C@H]1C[C@H]2CC[C@H]1C2. The lowest BCUT2D eigenvalue weighted by molar-refractivity contribution is -0.137. The zero-order valence-electron chi connectivity index (χ0n) is 14.9. The molecule has 1 aromatic rings. The van der Waals surface area contributed by atoms with Gasteiger partial charge in [-0.1, -0.05) is 18.2 Å². The van der Waals surface area contributed by atoms with E-state index < -0.39 is 23.7 Å². The molecule has 2 aliphatic rings. The molecule has 2 aliphatic carbocycles. The number of nitrogens with one attached hydrogen (secondary N) is 2. The van der Waals surface area contributed by atoms with E-state index >= 15 is 0 Å². The van der Waals surface area contributed by atoms with Crippen molar-refractivity contribution >= 4 is 23.7 Å². The van der Waals surface area contributed by atoms with Crippen LogP contribution < -0.4 is 10.6 Å². The van der Waals surface area contributed by atoms with Gasteiger partial charge in [0, 0.05) is 12.2 Å². The molecule has 0 spiro atoms. The van der Waals surface area contributed by atoms with E-state index in [1.165, 1.54) is 25.3 Å². The molecule has 148 valence electrons. The minimum absolute atomic E-state index is 0.0114. The highest BCUT2D eigenvalue weighted by Crippen LogP contribution is 2.49. The molecule has 0 aliphatic heterocycles. The number of thioether (sulfide) groups is 1. The molecule has 2 saturated carbocycles. The highest BCUT2D eigenvalue weighted by atomic mass is 32.2. The van der Waals surface area contributed by atoms with Crippen LogP contribution in [0.25, 0.3) is 0 Å². The summed E-state index contributed by atoms with van der Waals surface area (Å²) < 4.78 is 37.5. The predicted octanol–water partition coefficient (Wildman–Crippen LogP) is 3.84. The van der Waals surface area contributed by atoms with Gasteiger partial charge in [-0.3, -0.25) is 10.1 Å². The standard InChI is InChI=1S/C18H22F3N3O2S/c1-10(14-7-11-2-3-12(14)6-11)23-17(26)24-15(25)9-27-16-5-4-13(8-22-16)18(19,20)21/h4-5,8,10-12,14H,2-3,6-7,9H2,1H3,(H2,23,24,25,26)/t10-,11-,12-,14+/m0/s1. The van der Waals surface area contributed by atoms with Crippen molar-refractivity contribution in [3.63, 3.8) is 0 Å². The average molecular weight is 401 g/mol. The Kier molecular flexibility index (Phi) is 5.98. The quantitative estimate of drug-likeness (QED) is 0.736. The van der Waals surface area contributed by atoms with Gasteiger partial charge in [0.25, 0.3) is 0 Å². The van der Waals surface area contributed by atoms with Crippen LogP contribution in [0.5, 0.6) is 0 Å². The lowest BCUT2D eigenvalue weighted by atomic mass is 9.84. The van der Waals surface area contributed by atoms with E-state index in [0.29, 0.717) is 11.8 Å². The van der Waals surface area contributed by atoms with Crippen LogP contribution in [0.1, 0.15) is 38.2 Å². The maximum Gasteiger partial charge on any atom is 0.417 e. The maximum absolute atomic E-state index is 12.5. The Balaban J connectivity index is 1.40. The highest BCUT2D eigenvalue weighted by Gasteiger charge is 2.42. The zero-order valence-corrected chi connectivity index (χ0v) is 15.7. The van der Waals surface area contributed by atoms with Gasteiger partial charge < -0.3 is 5.32 Å². The molecule has 2 N–H and O–H groups in total. The fourth-order valence-corrected chi connectivity index (χ4v) is 4.83. The molecular formula is C18H22F3N3O2S. The van der Waals surface area contributed by atoms with Crippen molar-refractivity contribution in [1.82, 2.24) is 15.6 Å². The Labute approximate surface area is 159 Å². The maximum atomic E-state index is 12.5. The van der Waals surface area contributed by atoms with Crippen LogP contribution in [0.15, 0.2) is 23.4 Å². The lowest BCUT2D eigenvalue weighted by Crippen LogP contribution is -2.47. The summed E-state index contributed by atoms with van der Waals surface area (Å²) in [4.78, 5) is 27.6. The third-order valence-corrected chi connectivity index (χ3v) is 6.41. The molecule has 0 unspecified atom stereocenters. The van der Waals surface area contributed by atoms with Crippen LogP contribution in [0.3, 0.4) is 0 Å². The van der Waals surface area contributed by atoms with E-state index in [1.807, 2.05) is 6.92 Å². The molecule has 5 nitrogen and oxygen atoms in total. The summed E-state index contributed by atoms with van der Waals surface area (Å²) in [6.07, 6.45) is 1.17. The Hall–Kier alpha value is -1.77.